The fourth-order valence-corrected chi connectivity index (χ4v) is 2.63. The molecule has 1 fully saturated rings. The highest BCUT2D eigenvalue weighted by molar-refractivity contribution is 5.23. The summed E-state index contributed by atoms with van der Waals surface area (Å²) in [6.45, 7) is 5.27. The number of nitrogens with one attached hydrogen (secondary N) is 1. The molecule has 4 heteroatoms. The van der Waals surface area contributed by atoms with Gasteiger partial charge in [-0.25, -0.2) is 0 Å². The van der Waals surface area contributed by atoms with E-state index in [0.717, 1.165) is 24.8 Å². The summed E-state index contributed by atoms with van der Waals surface area (Å²) < 4.78 is 5.98. The van der Waals surface area contributed by atoms with Crippen LogP contribution in [0.5, 0.6) is 0 Å². The van der Waals surface area contributed by atoms with Crippen molar-refractivity contribution in [3.63, 3.8) is 0 Å². The van der Waals surface area contributed by atoms with Crippen LogP contribution in [0.3, 0.4) is 0 Å². The Morgan fingerprint density at radius 3 is 2.57 bits per heavy atom. The Bertz CT molecular complexity index is 562. The van der Waals surface area contributed by atoms with Gasteiger partial charge in [0.05, 0.1) is 0 Å². The molecule has 1 aliphatic carbocycles. The zero-order valence-electron chi connectivity index (χ0n) is 12.7. The molecule has 1 heterocycles. The highest BCUT2D eigenvalue weighted by Crippen LogP contribution is 2.42. The highest BCUT2D eigenvalue weighted by Gasteiger charge is 2.33. The average Bonchev–Trinajstić information content (AvgIpc) is 3.26. The Hall–Kier alpha value is -1.68. The topological polar surface area (TPSA) is 51.0 Å². The van der Waals surface area contributed by atoms with Gasteiger partial charge in [-0.1, -0.05) is 44.2 Å². The Balaban J connectivity index is 1.82. The molecular weight excluding hydrogens is 262 g/mol. The van der Waals surface area contributed by atoms with E-state index in [1.165, 1.54) is 18.4 Å². The van der Waals surface area contributed by atoms with Gasteiger partial charge in [-0.3, -0.25) is 0 Å². The monoisotopic (exact) mass is 285 g/mol. The number of hydrogen-bond donors (Lipinski definition) is 1. The van der Waals surface area contributed by atoms with Crippen molar-refractivity contribution in [1.29, 1.82) is 0 Å². The zero-order valence-corrected chi connectivity index (χ0v) is 12.7. The predicted molar refractivity (Wildman–Crippen MR) is 82.0 cm³/mol. The van der Waals surface area contributed by atoms with Crippen LogP contribution in [0.2, 0.25) is 0 Å². The van der Waals surface area contributed by atoms with Crippen LogP contribution in [0.25, 0.3) is 0 Å². The second-order valence-electron chi connectivity index (χ2n) is 5.90. The minimum atomic E-state index is -0.0150. The molecule has 1 saturated carbocycles. The van der Waals surface area contributed by atoms with Gasteiger partial charge in [-0.15, -0.1) is 10.2 Å². The molecule has 0 saturated heterocycles. The predicted octanol–water partition coefficient (Wildman–Crippen LogP) is 3.67. The SMILES string of the molecule is CCCNC(c1ccccc1)c1nnc(C(C)C2CC2)o1. The van der Waals surface area contributed by atoms with Gasteiger partial charge in [-0.05, 0) is 37.3 Å². The summed E-state index contributed by atoms with van der Waals surface area (Å²) in [6, 6.07) is 10.3. The number of aromatic nitrogens is 2. The van der Waals surface area contributed by atoms with Crippen LogP contribution in [0.15, 0.2) is 34.7 Å². The van der Waals surface area contributed by atoms with Gasteiger partial charge in [0.2, 0.25) is 11.8 Å². The van der Waals surface area contributed by atoms with Crippen molar-refractivity contribution in [2.75, 3.05) is 6.54 Å². The average molecular weight is 285 g/mol. The van der Waals surface area contributed by atoms with E-state index in [-0.39, 0.29) is 6.04 Å². The van der Waals surface area contributed by atoms with E-state index in [9.17, 15) is 0 Å². The standard InChI is InChI=1S/C17H23N3O/c1-3-11-18-15(14-7-5-4-6-8-14)17-20-19-16(21-17)12(2)13-9-10-13/h4-8,12-13,15,18H,3,9-11H2,1-2H3. The lowest BCUT2D eigenvalue weighted by Gasteiger charge is -2.15. The van der Waals surface area contributed by atoms with E-state index in [2.05, 4.69) is 41.5 Å². The molecule has 2 atom stereocenters. The molecule has 1 N–H and O–H groups in total. The van der Waals surface area contributed by atoms with E-state index in [1.54, 1.807) is 0 Å². The van der Waals surface area contributed by atoms with Gasteiger partial charge in [-0.2, -0.15) is 0 Å². The van der Waals surface area contributed by atoms with Crippen LogP contribution in [0.1, 0.15) is 62.4 Å². The molecule has 0 radical (unpaired) electrons. The lowest BCUT2D eigenvalue weighted by atomic mass is 10.1. The highest BCUT2D eigenvalue weighted by atomic mass is 16.4. The Labute approximate surface area is 126 Å². The molecule has 0 aliphatic heterocycles. The van der Waals surface area contributed by atoms with E-state index >= 15 is 0 Å². The molecule has 0 amide bonds. The van der Waals surface area contributed by atoms with Crippen molar-refractivity contribution >= 4 is 0 Å². The molecule has 4 nitrogen and oxygen atoms in total. The Kier molecular flexibility index (Phi) is 4.34. The summed E-state index contributed by atoms with van der Waals surface area (Å²) in [5, 5.41) is 12.1. The summed E-state index contributed by atoms with van der Waals surface area (Å²) in [5.74, 6) is 2.58. The first-order valence-corrected chi connectivity index (χ1v) is 7.91. The summed E-state index contributed by atoms with van der Waals surface area (Å²) in [6.07, 6.45) is 3.65. The molecular formula is C17H23N3O. The summed E-state index contributed by atoms with van der Waals surface area (Å²) in [5.41, 5.74) is 1.17. The van der Waals surface area contributed by atoms with Crippen molar-refractivity contribution in [2.45, 2.75) is 45.1 Å². The molecule has 112 valence electrons. The summed E-state index contributed by atoms with van der Waals surface area (Å²) in [4.78, 5) is 0. The summed E-state index contributed by atoms with van der Waals surface area (Å²) in [7, 11) is 0. The fraction of sp³-hybridized carbons (Fsp3) is 0.529. The number of hydrogen-bond acceptors (Lipinski definition) is 4. The molecule has 3 rings (SSSR count). The maximum Gasteiger partial charge on any atom is 0.237 e. The zero-order chi connectivity index (χ0) is 14.7. The quantitative estimate of drug-likeness (QED) is 0.843. The van der Waals surface area contributed by atoms with Crippen molar-refractivity contribution in [1.82, 2.24) is 15.5 Å². The Morgan fingerprint density at radius 1 is 1.19 bits per heavy atom. The minimum absolute atomic E-state index is 0.0150. The molecule has 0 spiro atoms. The molecule has 1 aliphatic rings. The fourth-order valence-electron chi connectivity index (χ4n) is 2.63. The Morgan fingerprint density at radius 2 is 1.90 bits per heavy atom. The third-order valence-corrected chi connectivity index (χ3v) is 4.15. The smallest absolute Gasteiger partial charge is 0.237 e. The number of nitrogens with zero attached hydrogens (tertiary/aromatic N) is 2. The largest absolute Gasteiger partial charge is 0.423 e. The number of rotatable bonds is 7. The van der Waals surface area contributed by atoms with Gasteiger partial charge in [0, 0.05) is 5.92 Å². The van der Waals surface area contributed by atoms with Gasteiger partial charge < -0.3 is 9.73 Å². The van der Waals surface area contributed by atoms with Crippen molar-refractivity contribution in [2.24, 2.45) is 5.92 Å². The van der Waals surface area contributed by atoms with Crippen molar-refractivity contribution < 1.29 is 4.42 Å². The van der Waals surface area contributed by atoms with Crippen LogP contribution in [-0.4, -0.2) is 16.7 Å². The van der Waals surface area contributed by atoms with Crippen molar-refractivity contribution in [3.8, 4) is 0 Å². The van der Waals surface area contributed by atoms with Crippen LogP contribution in [0.4, 0.5) is 0 Å². The van der Waals surface area contributed by atoms with Crippen LogP contribution < -0.4 is 5.32 Å². The van der Waals surface area contributed by atoms with Gasteiger partial charge in [0.25, 0.3) is 0 Å². The van der Waals surface area contributed by atoms with Gasteiger partial charge in [0.15, 0.2) is 0 Å². The minimum Gasteiger partial charge on any atom is -0.423 e. The van der Waals surface area contributed by atoms with E-state index in [1.807, 2.05) is 18.2 Å². The molecule has 21 heavy (non-hydrogen) atoms. The first kappa shape index (κ1) is 14.3. The summed E-state index contributed by atoms with van der Waals surface area (Å²) >= 11 is 0. The molecule has 1 aromatic carbocycles. The van der Waals surface area contributed by atoms with Gasteiger partial charge in [0.1, 0.15) is 6.04 Å². The lowest BCUT2D eigenvalue weighted by molar-refractivity contribution is 0.379. The second-order valence-corrected chi connectivity index (χ2v) is 5.90. The molecule has 1 aromatic heterocycles. The third-order valence-electron chi connectivity index (χ3n) is 4.15. The second kappa shape index (κ2) is 6.39. The van der Waals surface area contributed by atoms with Crippen LogP contribution in [-0.2, 0) is 0 Å². The maximum atomic E-state index is 5.98. The lowest BCUT2D eigenvalue weighted by Crippen LogP contribution is -2.23. The molecule has 0 bridgehead atoms. The normalized spacial score (nSPS) is 17.6. The molecule has 2 aromatic rings. The maximum absolute atomic E-state index is 5.98. The number of benzene rings is 1. The van der Waals surface area contributed by atoms with E-state index in [0.29, 0.717) is 11.8 Å². The molecule has 2 unspecified atom stereocenters. The first-order valence-electron chi connectivity index (χ1n) is 7.91. The van der Waals surface area contributed by atoms with E-state index in [4.69, 9.17) is 4.42 Å². The van der Waals surface area contributed by atoms with Gasteiger partial charge >= 0.3 is 0 Å². The third kappa shape index (κ3) is 3.32. The van der Waals surface area contributed by atoms with Crippen LogP contribution >= 0.6 is 0 Å². The van der Waals surface area contributed by atoms with Crippen LogP contribution in [0, 0.1) is 5.92 Å². The van der Waals surface area contributed by atoms with Crippen molar-refractivity contribution in [3.05, 3.63) is 47.7 Å². The first-order chi connectivity index (χ1) is 10.3. The van der Waals surface area contributed by atoms with E-state index < -0.39 is 0 Å².